The number of hydrogen-bond acceptors (Lipinski definition) is 6. The molecule has 0 bridgehead atoms. The van der Waals surface area contributed by atoms with Crippen LogP contribution in [0.15, 0.2) is 6.07 Å². The van der Waals surface area contributed by atoms with Crippen molar-refractivity contribution >= 4 is 17.6 Å². The molecular weight excluding hydrogens is 206 g/mol. The van der Waals surface area contributed by atoms with Gasteiger partial charge in [0.2, 0.25) is 5.95 Å². The molecule has 1 unspecified atom stereocenters. The summed E-state index contributed by atoms with van der Waals surface area (Å²) in [7, 11) is 1.78. The van der Waals surface area contributed by atoms with Crippen LogP contribution in [-0.4, -0.2) is 35.3 Å². The van der Waals surface area contributed by atoms with Gasteiger partial charge < -0.3 is 21.5 Å². The van der Waals surface area contributed by atoms with E-state index in [9.17, 15) is 0 Å². The quantitative estimate of drug-likeness (QED) is 0.564. The lowest BCUT2D eigenvalue weighted by molar-refractivity contribution is 0.266. The predicted octanol–water partition coefficient (Wildman–Crippen LogP) is 0.531. The van der Waals surface area contributed by atoms with Crippen LogP contribution in [0.25, 0.3) is 0 Å². The molecule has 0 aliphatic carbocycles. The highest BCUT2D eigenvalue weighted by Crippen LogP contribution is 2.12. The van der Waals surface area contributed by atoms with E-state index in [2.05, 4.69) is 27.5 Å². The van der Waals surface area contributed by atoms with Crippen LogP contribution in [0.5, 0.6) is 0 Å². The molecule has 0 aliphatic heterocycles. The maximum absolute atomic E-state index is 8.78. The molecule has 0 spiro atoms. The summed E-state index contributed by atoms with van der Waals surface area (Å²) in [6.45, 7) is 3.02. The van der Waals surface area contributed by atoms with E-state index in [1.165, 1.54) is 0 Å². The fraction of sp³-hybridized carbons (Fsp3) is 0.600. The molecule has 1 atom stereocenters. The van der Waals surface area contributed by atoms with Crippen LogP contribution in [0.1, 0.15) is 13.3 Å². The molecule has 0 amide bonds. The zero-order valence-corrected chi connectivity index (χ0v) is 9.70. The Kier molecular flexibility index (Phi) is 4.78. The third-order valence-corrected chi connectivity index (χ3v) is 2.25. The molecule has 0 radical (unpaired) electrons. The average Bonchev–Trinajstić information content (AvgIpc) is 2.26. The van der Waals surface area contributed by atoms with Gasteiger partial charge in [0.1, 0.15) is 11.6 Å². The number of nitrogens with two attached hydrogens (primary N) is 1. The second-order valence-electron chi connectivity index (χ2n) is 3.74. The summed E-state index contributed by atoms with van der Waals surface area (Å²) in [6.07, 6.45) is 0.770. The van der Waals surface area contributed by atoms with E-state index < -0.39 is 0 Å². The lowest BCUT2D eigenvalue weighted by Gasteiger charge is -2.12. The number of aliphatic hydroxyl groups excluding tert-OH is 1. The minimum absolute atomic E-state index is 0.205. The summed E-state index contributed by atoms with van der Waals surface area (Å²) in [5, 5.41) is 14.8. The number of anilines is 3. The van der Waals surface area contributed by atoms with Crippen LogP contribution in [0.3, 0.4) is 0 Å². The van der Waals surface area contributed by atoms with Crippen LogP contribution < -0.4 is 16.4 Å². The molecule has 16 heavy (non-hydrogen) atoms. The maximum atomic E-state index is 8.78. The Morgan fingerprint density at radius 2 is 2.12 bits per heavy atom. The van der Waals surface area contributed by atoms with E-state index in [-0.39, 0.29) is 12.6 Å². The van der Waals surface area contributed by atoms with Gasteiger partial charge in [0.15, 0.2) is 0 Å². The van der Waals surface area contributed by atoms with Gasteiger partial charge in [0.25, 0.3) is 0 Å². The molecule has 1 heterocycles. The normalized spacial score (nSPS) is 12.2. The number of aliphatic hydroxyl groups is 1. The largest absolute Gasteiger partial charge is 0.396 e. The Balaban J connectivity index is 2.56. The molecule has 5 N–H and O–H groups in total. The van der Waals surface area contributed by atoms with E-state index in [4.69, 9.17) is 10.8 Å². The van der Waals surface area contributed by atoms with E-state index >= 15 is 0 Å². The number of nitrogen functional groups attached to an aromatic ring is 1. The molecule has 0 saturated carbocycles. The second kappa shape index (κ2) is 6.12. The van der Waals surface area contributed by atoms with E-state index in [1.54, 1.807) is 13.1 Å². The van der Waals surface area contributed by atoms with Gasteiger partial charge in [-0.05, 0) is 12.3 Å². The molecule has 1 rings (SSSR count). The van der Waals surface area contributed by atoms with Crippen molar-refractivity contribution in [2.24, 2.45) is 5.92 Å². The highest BCUT2D eigenvalue weighted by atomic mass is 16.3. The van der Waals surface area contributed by atoms with E-state index in [1.807, 2.05) is 0 Å². The molecule has 1 aromatic rings. The van der Waals surface area contributed by atoms with E-state index in [0.717, 1.165) is 13.0 Å². The van der Waals surface area contributed by atoms with Crippen LogP contribution in [0.2, 0.25) is 0 Å². The van der Waals surface area contributed by atoms with Gasteiger partial charge in [0.05, 0.1) is 0 Å². The number of nitrogens with zero attached hydrogens (tertiary/aromatic N) is 2. The SMILES string of the molecule is CNc1cc(NCC(C)CCO)nc(N)n1. The Morgan fingerprint density at radius 1 is 1.44 bits per heavy atom. The molecule has 0 aliphatic rings. The number of rotatable bonds is 6. The fourth-order valence-electron chi connectivity index (χ4n) is 1.29. The molecule has 0 saturated heterocycles. The van der Waals surface area contributed by atoms with Crippen molar-refractivity contribution in [2.75, 3.05) is 36.6 Å². The zero-order valence-electron chi connectivity index (χ0n) is 9.70. The summed E-state index contributed by atoms with van der Waals surface area (Å²) in [6, 6.07) is 1.79. The highest BCUT2D eigenvalue weighted by Gasteiger charge is 2.04. The number of aromatic nitrogens is 2. The van der Waals surface area contributed by atoms with Gasteiger partial charge in [-0.2, -0.15) is 9.97 Å². The van der Waals surface area contributed by atoms with Gasteiger partial charge in [-0.15, -0.1) is 0 Å². The first kappa shape index (κ1) is 12.5. The van der Waals surface area contributed by atoms with Crippen molar-refractivity contribution in [3.63, 3.8) is 0 Å². The standard InChI is InChI=1S/C10H19N5O/c1-7(3-4-16)6-13-9-5-8(12-2)14-10(11)15-9/h5,7,16H,3-4,6H2,1-2H3,(H4,11,12,13,14,15). The molecule has 6 nitrogen and oxygen atoms in total. The monoisotopic (exact) mass is 225 g/mol. The topological polar surface area (TPSA) is 96.1 Å². The molecule has 90 valence electrons. The number of hydrogen-bond donors (Lipinski definition) is 4. The predicted molar refractivity (Wildman–Crippen MR) is 65.3 cm³/mol. The minimum Gasteiger partial charge on any atom is -0.396 e. The molecule has 1 aromatic heterocycles. The molecule has 0 aromatic carbocycles. The third kappa shape index (κ3) is 3.90. The first-order chi connectivity index (χ1) is 7.65. The van der Waals surface area contributed by atoms with Crippen LogP contribution in [-0.2, 0) is 0 Å². The van der Waals surface area contributed by atoms with Gasteiger partial charge in [-0.25, -0.2) is 0 Å². The van der Waals surface area contributed by atoms with Crippen LogP contribution in [0, 0.1) is 5.92 Å². The summed E-state index contributed by atoms with van der Waals surface area (Å²) in [5.74, 6) is 2.01. The van der Waals surface area contributed by atoms with Gasteiger partial charge in [-0.3, -0.25) is 0 Å². The smallest absolute Gasteiger partial charge is 0.223 e. The Labute approximate surface area is 95.3 Å². The lowest BCUT2D eigenvalue weighted by Crippen LogP contribution is -2.14. The van der Waals surface area contributed by atoms with Crippen LogP contribution in [0.4, 0.5) is 17.6 Å². The summed E-state index contributed by atoms with van der Waals surface area (Å²) < 4.78 is 0. The van der Waals surface area contributed by atoms with Crippen LogP contribution >= 0.6 is 0 Å². The second-order valence-corrected chi connectivity index (χ2v) is 3.74. The van der Waals surface area contributed by atoms with Crippen molar-refractivity contribution in [3.05, 3.63) is 6.07 Å². The number of nitrogens with one attached hydrogen (secondary N) is 2. The summed E-state index contributed by atoms with van der Waals surface area (Å²) in [5.41, 5.74) is 5.56. The Bertz CT molecular complexity index is 331. The van der Waals surface area contributed by atoms with E-state index in [0.29, 0.717) is 17.6 Å². The van der Waals surface area contributed by atoms with Gasteiger partial charge in [-0.1, -0.05) is 6.92 Å². The summed E-state index contributed by atoms with van der Waals surface area (Å²) >= 11 is 0. The maximum Gasteiger partial charge on any atom is 0.223 e. The van der Waals surface area contributed by atoms with Crippen molar-refractivity contribution < 1.29 is 5.11 Å². The average molecular weight is 225 g/mol. The molecule has 6 heteroatoms. The van der Waals surface area contributed by atoms with Crippen molar-refractivity contribution in [3.8, 4) is 0 Å². The highest BCUT2D eigenvalue weighted by molar-refractivity contribution is 5.50. The van der Waals surface area contributed by atoms with Crippen molar-refractivity contribution in [1.82, 2.24) is 9.97 Å². The zero-order chi connectivity index (χ0) is 12.0. The Morgan fingerprint density at radius 3 is 2.75 bits per heavy atom. The van der Waals surface area contributed by atoms with Gasteiger partial charge in [0, 0.05) is 26.3 Å². The first-order valence-electron chi connectivity index (χ1n) is 5.32. The lowest BCUT2D eigenvalue weighted by atomic mass is 10.1. The first-order valence-corrected chi connectivity index (χ1v) is 5.32. The minimum atomic E-state index is 0.205. The third-order valence-electron chi connectivity index (χ3n) is 2.25. The van der Waals surface area contributed by atoms with Gasteiger partial charge >= 0.3 is 0 Å². The fourth-order valence-corrected chi connectivity index (χ4v) is 1.29. The summed E-state index contributed by atoms with van der Waals surface area (Å²) in [4.78, 5) is 8.06. The molecule has 0 fully saturated rings. The Hall–Kier alpha value is -1.56. The van der Waals surface area contributed by atoms with Crippen molar-refractivity contribution in [2.45, 2.75) is 13.3 Å². The van der Waals surface area contributed by atoms with Crippen molar-refractivity contribution in [1.29, 1.82) is 0 Å². The molecular formula is C10H19N5O.